The van der Waals surface area contributed by atoms with Gasteiger partial charge in [0.1, 0.15) is 0 Å². The Morgan fingerprint density at radius 3 is 2.56 bits per heavy atom. The smallest absolute Gasteiger partial charge is 0.299 e. The number of rotatable bonds is 3. The van der Waals surface area contributed by atoms with Crippen molar-refractivity contribution in [1.29, 1.82) is 0 Å². The lowest BCUT2D eigenvalue weighted by atomic mass is 10.1. The number of hydrogen-bond donors (Lipinski definition) is 1. The SMILES string of the molecule is CCNC(=O)C1C2=C(ON1C)C(=O)N(CC)C2=O. The standard InChI is InChI=1S/C11H15N3O4/c1-4-12-9(15)7-6-8(18-13(7)3)11(17)14(5-2)10(6)16/h7H,4-5H2,1-3H3,(H,12,15). The molecule has 0 saturated heterocycles. The Hall–Kier alpha value is -1.89. The van der Waals surface area contributed by atoms with E-state index in [-0.39, 0.29) is 23.8 Å². The van der Waals surface area contributed by atoms with Crippen LogP contribution >= 0.6 is 0 Å². The summed E-state index contributed by atoms with van der Waals surface area (Å²) in [6, 6.07) is -0.854. The lowest BCUT2D eigenvalue weighted by Gasteiger charge is -2.22. The first-order valence-corrected chi connectivity index (χ1v) is 5.81. The molecule has 18 heavy (non-hydrogen) atoms. The zero-order valence-corrected chi connectivity index (χ0v) is 10.5. The van der Waals surface area contributed by atoms with E-state index in [0.29, 0.717) is 6.54 Å². The number of hydrogen-bond acceptors (Lipinski definition) is 5. The summed E-state index contributed by atoms with van der Waals surface area (Å²) in [5.41, 5.74) is 0.135. The van der Waals surface area contributed by atoms with Crippen molar-refractivity contribution in [2.75, 3.05) is 20.1 Å². The molecule has 2 rings (SSSR count). The van der Waals surface area contributed by atoms with Crippen molar-refractivity contribution in [2.24, 2.45) is 0 Å². The lowest BCUT2D eigenvalue weighted by Crippen LogP contribution is -2.46. The predicted molar refractivity (Wildman–Crippen MR) is 60.7 cm³/mol. The molecular formula is C11H15N3O4. The Balaban J connectivity index is 2.34. The minimum Gasteiger partial charge on any atom is -0.399 e. The van der Waals surface area contributed by atoms with Crippen molar-refractivity contribution in [1.82, 2.24) is 15.3 Å². The minimum atomic E-state index is -0.854. The van der Waals surface area contributed by atoms with E-state index in [0.717, 1.165) is 4.90 Å². The fraction of sp³-hybridized carbons (Fsp3) is 0.545. The van der Waals surface area contributed by atoms with Gasteiger partial charge in [0, 0.05) is 20.1 Å². The molecule has 0 bridgehead atoms. The van der Waals surface area contributed by atoms with Gasteiger partial charge in [0.25, 0.3) is 11.8 Å². The van der Waals surface area contributed by atoms with Crippen LogP contribution in [0.5, 0.6) is 0 Å². The molecule has 0 saturated carbocycles. The van der Waals surface area contributed by atoms with Gasteiger partial charge >= 0.3 is 0 Å². The highest BCUT2D eigenvalue weighted by Gasteiger charge is 2.51. The van der Waals surface area contributed by atoms with Crippen LogP contribution in [0.4, 0.5) is 0 Å². The fourth-order valence-electron chi connectivity index (χ4n) is 2.13. The minimum absolute atomic E-state index is 0.0272. The third-order valence-corrected chi connectivity index (χ3v) is 2.95. The quantitative estimate of drug-likeness (QED) is 0.653. The molecule has 1 unspecified atom stereocenters. The number of nitrogens with zero attached hydrogens (tertiary/aromatic N) is 2. The Bertz CT molecular complexity index is 457. The highest BCUT2D eigenvalue weighted by atomic mass is 16.7. The molecule has 2 aliphatic heterocycles. The Morgan fingerprint density at radius 1 is 1.33 bits per heavy atom. The van der Waals surface area contributed by atoms with E-state index >= 15 is 0 Å². The summed E-state index contributed by atoms with van der Waals surface area (Å²) >= 11 is 0. The van der Waals surface area contributed by atoms with Gasteiger partial charge in [-0.3, -0.25) is 19.3 Å². The lowest BCUT2D eigenvalue weighted by molar-refractivity contribution is -0.157. The fourth-order valence-corrected chi connectivity index (χ4v) is 2.13. The van der Waals surface area contributed by atoms with Crippen LogP contribution in [0.25, 0.3) is 0 Å². The molecule has 98 valence electrons. The maximum absolute atomic E-state index is 12.1. The van der Waals surface area contributed by atoms with E-state index in [9.17, 15) is 14.4 Å². The second-order valence-electron chi connectivity index (χ2n) is 4.03. The molecule has 0 aromatic carbocycles. The van der Waals surface area contributed by atoms with Crippen LogP contribution in [-0.2, 0) is 19.2 Å². The van der Waals surface area contributed by atoms with Crippen molar-refractivity contribution in [3.05, 3.63) is 11.3 Å². The van der Waals surface area contributed by atoms with Crippen molar-refractivity contribution in [3.63, 3.8) is 0 Å². The molecule has 0 aromatic rings. The van der Waals surface area contributed by atoms with Crippen LogP contribution in [0, 0.1) is 0 Å². The molecule has 1 atom stereocenters. The third kappa shape index (κ3) is 1.59. The topological polar surface area (TPSA) is 79.0 Å². The van der Waals surface area contributed by atoms with E-state index in [1.165, 1.54) is 12.1 Å². The van der Waals surface area contributed by atoms with Gasteiger partial charge in [-0.1, -0.05) is 0 Å². The molecule has 7 nitrogen and oxygen atoms in total. The van der Waals surface area contributed by atoms with Crippen molar-refractivity contribution < 1.29 is 19.2 Å². The highest BCUT2D eigenvalue weighted by Crippen LogP contribution is 2.33. The van der Waals surface area contributed by atoms with Gasteiger partial charge in [0.15, 0.2) is 6.04 Å². The monoisotopic (exact) mass is 253 g/mol. The number of imide groups is 1. The Kier molecular flexibility index (Phi) is 3.08. The van der Waals surface area contributed by atoms with Crippen molar-refractivity contribution >= 4 is 17.7 Å². The third-order valence-electron chi connectivity index (χ3n) is 2.95. The summed E-state index contributed by atoms with van der Waals surface area (Å²) in [6.45, 7) is 4.19. The van der Waals surface area contributed by atoms with Crippen molar-refractivity contribution in [2.45, 2.75) is 19.9 Å². The van der Waals surface area contributed by atoms with E-state index in [2.05, 4.69) is 5.32 Å². The van der Waals surface area contributed by atoms with Gasteiger partial charge in [-0.15, -0.1) is 5.06 Å². The maximum Gasteiger partial charge on any atom is 0.299 e. The van der Waals surface area contributed by atoms with E-state index in [1.807, 2.05) is 0 Å². The first-order valence-electron chi connectivity index (χ1n) is 5.81. The zero-order chi connectivity index (χ0) is 13.4. The molecule has 7 heteroatoms. The largest absolute Gasteiger partial charge is 0.399 e. The number of amides is 3. The maximum atomic E-state index is 12.1. The van der Waals surface area contributed by atoms with Crippen LogP contribution in [-0.4, -0.2) is 53.9 Å². The van der Waals surface area contributed by atoms with Gasteiger partial charge < -0.3 is 10.2 Å². The molecule has 0 fully saturated rings. The van der Waals surface area contributed by atoms with E-state index in [4.69, 9.17) is 4.84 Å². The van der Waals surface area contributed by atoms with Crippen LogP contribution in [0.3, 0.4) is 0 Å². The zero-order valence-electron chi connectivity index (χ0n) is 10.5. The molecule has 0 spiro atoms. The number of hydroxylamine groups is 2. The van der Waals surface area contributed by atoms with E-state index < -0.39 is 17.9 Å². The number of carbonyl (C=O) groups excluding carboxylic acids is 3. The molecule has 2 aliphatic rings. The molecule has 3 amide bonds. The average Bonchev–Trinajstić information content (AvgIpc) is 2.76. The average molecular weight is 253 g/mol. The molecule has 0 aliphatic carbocycles. The molecule has 1 N–H and O–H groups in total. The summed E-state index contributed by atoms with van der Waals surface area (Å²) in [5.74, 6) is -1.29. The van der Waals surface area contributed by atoms with E-state index in [1.54, 1.807) is 13.8 Å². The van der Waals surface area contributed by atoms with Gasteiger partial charge in [-0.25, -0.2) is 0 Å². The first kappa shape index (κ1) is 12.6. The Morgan fingerprint density at radius 2 is 2.00 bits per heavy atom. The second-order valence-corrected chi connectivity index (χ2v) is 4.03. The summed E-state index contributed by atoms with van der Waals surface area (Å²) in [7, 11) is 1.52. The molecule has 0 radical (unpaired) electrons. The van der Waals surface area contributed by atoms with Gasteiger partial charge in [0.05, 0.1) is 5.57 Å². The van der Waals surface area contributed by atoms with Crippen LogP contribution < -0.4 is 5.32 Å². The second kappa shape index (κ2) is 4.41. The van der Waals surface area contributed by atoms with Crippen LogP contribution in [0.1, 0.15) is 13.8 Å². The highest BCUT2D eigenvalue weighted by molar-refractivity contribution is 6.21. The summed E-state index contributed by atoms with van der Waals surface area (Å²) in [6.07, 6.45) is 0. The first-order chi connectivity index (χ1) is 8.52. The van der Waals surface area contributed by atoms with Gasteiger partial charge in [-0.05, 0) is 13.8 Å². The van der Waals surface area contributed by atoms with Crippen molar-refractivity contribution in [3.8, 4) is 0 Å². The van der Waals surface area contributed by atoms with Gasteiger partial charge in [-0.2, -0.15) is 0 Å². The molecular weight excluding hydrogens is 238 g/mol. The number of likely N-dealkylation sites (N-methyl/N-ethyl adjacent to an activating group) is 3. The molecule has 2 heterocycles. The predicted octanol–water partition coefficient (Wildman–Crippen LogP) is -0.989. The number of nitrogens with one attached hydrogen (secondary N) is 1. The summed E-state index contributed by atoms with van der Waals surface area (Å²) in [5, 5.41) is 3.86. The number of carbonyl (C=O) groups is 3. The Labute approximate surface area is 104 Å². The summed E-state index contributed by atoms with van der Waals surface area (Å²) in [4.78, 5) is 42.1. The summed E-state index contributed by atoms with van der Waals surface area (Å²) < 4.78 is 0. The normalized spacial score (nSPS) is 23.5. The molecule has 0 aromatic heterocycles. The van der Waals surface area contributed by atoms with Crippen LogP contribution in [0.2, 0.25) is 0 Å². The van der Waals surface area contributed by atoms with Gasteiger partial charge in [0.2, 0.25) is 11.7 Å². The van der Waals surface area contributed by atoms with Crippen LogP contribution in [0.15, 0.2) is 11.3 Å².